The topological polar surface area (TPSA) is 118 Å². The van der Waals surface area contributed by atoms with Gasteiger partial charge in [-0.3, -0.25) is 0 Å². The molecule has 0 spiro atoms. The van der Waals surface area contributed by atoms with Crippen LogP contribution >= 0.6 is 0 Å². The summed E-state index contributed by atoms with van der Waals surface area (Å²) in [4.78, 5) is 22.5. The second-order valence-electron chi connectivity index (χ2n) is 4.88. The third kappa shape index (κ3) is 2.80. The first-order chi connectivity index (χ1) is 8.16. The van der Waals surface area contributed by atoms with Crippen molar-refractivity contribution < 1.29 is 34.5 Å². The zero-order valence-corrected chi connectivity index (χ0v) is 10.9. The van der Waals surface area contributed by atoms with Crippen molar-refractivity contribution >= 4 is 11.9 Å². The van der Waals surface area contributed by atoms with E-state index in [0.717, 1.165) is 6.92 Å². The third-order valence-electron chi connectivity index (χ3n) is 3.80. The highest BCUT2D eigenvalue weighted by Crippen LogP contribution is 2.28. The Hall–Kier alpha value is -1.18. The molecule has 0 saturated carbocycles. The number of carbonyl (C=O) groups is 2. The van der Waals surface area contributed by atoms with E-state index in [0.29, 0.717) is 0 Å². The van der Waals surface area contributed by atoms with Gasteiger partial charge in [0.05, 0.1) is 20.1 Å². The lowest BCUT2D eigenvalue weighted by Crippen LogP contribution is -2.73. The Bertz CT molecular complexity index is 295. The van der Waals surface area contributed by atoms with Crippen molar-refractivity contribution in [2.75, 3.05) is 27.3 Å². The molecule has 0 aliphatic heterocycles. The summed E-state index contributed by atoms with van der Waals surface area (Å²) in [5, 5.41) is 38.3. The van der Waals surface area contributed by atoms with Gasteiger partial charge in [-0.2, -0.15) is 0 Å². The molecular formula is C11H21NO6. The second kappa shape index (κ2) is 6.12. The van der Waals surface area contributed by atoms with Crippen molar-refractivity contribution in [1.29, 1.82) is 0 Å². The highest BCUT2D eigenvalue weighted by atomic mass is 16.4. The largest absolute Gasteiger partial charge is 0.543 e. The van der Waals surface area contributed by atoms with E-state index >= 15 is 0 Å². The molecule has 0 heterocycles. The average Bonchev–Trinajstić information content (AvgIpc) is 2.26. The summed E-state index contributed by atoms with van der Waals surface area (Å²) < 4.78 is -0.411. The highest BCUT2D eigenvalue weighted by Gasteiger charge is 2.53. The van der Waals surface area contributed by atoms with Crippen molar-refractivity contribution in [3.05, 3.63) is 0 Å². The van der Waals surface area contributed by atoms with Gasteiger partial charge in [0.25, 0.3) is 0 Å². The van der Waals surface area contributed by atoms with Gasteiger partial charge in [-0.15, -0.1) is 0 Å². The van der Waals surface area contributed by atoms with E-state index in [4.69, 9.17) is 15.3 Å². The fourth-order valence-electron chi connectivity index (χ4n) is 2.02. The molecule has 0 amide bonds. The summed E-state index contributed by atoms with van der Waals surface area (Å²) in [5.74, 6) is -3.20. The zero-order chi connectivity index (χ0) is 14.6. The number of nitrogens with zero attached hydrogens (tertiary/aromatic N) is 1. The summed E-state index contributed by atoms with van der Waals surface area (Å²) in [7, 11) is 2.89. The number of rotatable bonds is 8. The van der Waals surface area contributed by atoms with E-state index in [1.165, 1.54) is 14.1 Å². The lowest BCUT2D eigenvalue weighted by atomic mass is 9.92. The van der Waals surface area contributed by atoms with Gasteiger partial charge < -0.3 is 29.7 Å². The molecule has 0 aromatic heterocycles. The van der Waals surface area contributed by atoms with Crippen LogP contribution < -0.4 is 5.11 Å². The molecule has 7 nitrogen and oxygen atoms in total. The van der Waals surface area contributed by atoms with Gasteiger partial charge >= 0.3 is 5.97 Å². The molecule has 1 atom stereocenters. The van der Waals surface area contributed by atoms with Gasteiger partial charge in [-0.1, -0.05) is 0 Å². The molecule has 1 unspecified atom stereocenters. The van der Waals surface area contributed by atoms with Crippen LogP contribution in [-0.4, -0.2) is 70.6 Å². The molecule has 0 aromatic carbocycles. The van der Waals surface area contributed by atoms with Gasteiger partial charge in [0.15, 0.2) is 0 Å². The number of carboxylic acids is 2. The standard InChI is InChI=1S/C11H21NO6/c1-11(9(15)16,10(17)18)12(2,3)8(4-6-13)5-7-14/h8,13-14H,4-7H2,1-3H3,(H-,15,16,17,18). The Morgan fingerprint density at radius 3 is 1.83 bits per heavy atom. The molecule has 0 bridgehead atoms. The van der Waals surface area contributed by atoms with Gasteiger partial charge in [0.2, 0.25) is 5.54 Å². The van der Waals surface area contributed by atoms with E-state index in [-0.39, 0.29) is 26.1 Å². The first-order valence-corrected chi connectivity index (χ1v) is 5.66. The number of carbonyl (C=O) groups excluding carboxylic acids is 1. The van der Waals surface area contributed by atoms with Gasteiger partial charge in [0, 0.05) is 33.0 Å². The number of quaternary nitrogens is 1. The van der Waals surface area contributed by atoms with E-state index < -0.39 is 28.0 Å². The number of hydrogen-bond donors (Lipinski definition) is 3. The Morgan fingerprint density at radius 2 is 1.61 bits per heavy atom. The third-order valence-corrected chi connectivity index (χ3v) is 3.80. The summed E-state index contributed by atoms with van der Waals surface area (Å²) in [6.45, 7) is 0.649. The van der Waals surface area contributed by atoms with E-state index in [1.54, 1.807) is 0 Å². The Labute approximate surface area is 106 Å². The van der Waals surface area contributed by atoms with Crippen molar-refractivity contribution in [1.82, 2.24) is 0 Å². The monoisotopic (exact) mass is 263 g/mol. The van der Waals surface area contributed by atoms with Crippen LogP contribution in [0, 0.1) is 0 Å². The van der Waals surface area contributed by atoms with Crippen LogP contribution in [0.4, 0.5) is 0 Å². The number of carboxylic acid groups (broad SMARTS) is 2. The number of likely N-dealkylation sites (N-methyl/N-ethyl adjacent to an activating group) is 1. The Kier molecular flexibility index (Phi) is 5.72. The van der Waals surface area contributed by atoms with E-state index in [2.05, 4.69) is 0 Å². The van der Waals surface area contributed by atoms with Crippen LogP contribution in [-0.2, 0) is 9.59 Å². The van der Waals surface area contributed by atoms with Crippen molar-refractivity contribution in [2.45, 2.75) is 31.3 Å². The van der Waals surface area contributed by atoms with Crippen LogP contribution in [0.5, 0.6) is 0 Å². The minimum atomic E-state index is -2.14. The number of hydrogen-bond acceptors (Lipinski definition) is 5. The van der Waals surface area contributed by atoms with Crippen LogP contribution in [0.25, 0.3) is 0 Å². The van der Waals surface area contributed by atoms with Crippen molar-refractivity contribution in [2.24, 2.45) is 0 Å². The minimum absolute atomic E-state index is 0.198. The number of aliphatic hydroxyl groups excluding tert-OH is 2. The van der Waals surface area contributed by atoms with E-state index in [1.807, 2.05) is 0 Å². The lowest BCUT2D eigenvalue weighted by molar-refractivity contribution is -0.947. The lowest BCUT2D eigenvalue weighted by Gasteiger charge is -2.48. The summed E-state index contributed by atoms with van der Waals surface area (Å²) >= 11 is 0. The number of aliphatic carboxylic acids is 2. The average molecular weight is 263 g/mol. The fourth-order valence-corrected chi connectivity index (χ4v) is 2.02. The van der Waals surface area contributed by atoms with Gasteiger partial charge in [0.1, 0.15) is 5.97 Å². The quantitative estimate of drug-likeness (QED) is 0.337. The SMILES string of the molecule is CC(C(=O)[O-])(C(=O)O)[N+](C)(C)C(CCO)CCO. The van der Waals surface area contributed by atoms with E-state index in [9.17, 15) is 14.7 Å². The first-order valence-electron chi connectivity index (χ1n) is 5.66. The molecule has 0 aliphatic carbocycles. The molecule has 0 radical (unpaired) electrons. The van der Waals surface area contributed by atoms with Crippen molar-refractivity contribution in [3.8, 4) is 0 Å². The molecule has 0 aliphatic rings. The predicted molar refractivity (Wildman–Crippen MR) is 60.3 cm³/mol. The van der Waals surface area contributed by atoms with Crippen LogP contribution in [0.1, 0.15) is 19.8 Å². The fraction of sp³-hybridized carbons (Fsp3) is 0.818. The smallest absolute Gasteiger partial charge is 0.371 e. The Balaban J connectivity index is 5.51. The summed E-state index contributed by atoms with van der Waals surface area (Å²) in [6, 6.07) is -0.501. The Morgan fingerprint density at radius 1 is 1.22 bits per heavy atom. The zero-order valence-electron chi connectivity index (χ0n) is 10.9. The number of aliphatic hydroxyl groups is 2. The molecule has 0 aromatic rings. The van der Waals surface area contributed by atoms with Crippen molar-refractivity contribution in [3.63, 3.8) is 0 Å². The maximum atomic E-state index is 11.3. The predicted octanol–water partition coefficient (Wildman–Crippen LogP) is -2.21. The maximum absolute atomic E-state index is 11.3. The summed E-state index contributed by atoms with van der Waals surface area (Å²) in [5.41, 5.74) is -2.14. The molecule has 0 fully saturated rings. The molecule has 18 heavy (non-hydrogen) atoms. The van der Waals surface area contributed by atoms with Crippen LogP contribution in [0.2, 0.25) is 0 Å². The minimum Gasteiger partial charge on any atom is -0.543 e. The molecule has 106 valence electrons. The van der Waals surface area contributed by atoms with Gasteiger partial charge in [-0.25, -0.2) is 4.79 Å². The van der Waals surface area contributed by atoms with Crippen LogP contribution in [0.3, 0.4) is 0 Å². The highest BCUT2D eigenvalue weighted by molar-refractivity contribution is 6.00. The first kappa shape index (κ1) is 16.8. The normalized spacial score (nSPS) is 15.4. The molecular weight excluding hydrogens is 242 g/mol. The molecule has 3 N–H and O–H groups in total. The summed E-state index contributed by atoms with van der Waals surface area (Å²) in [6.07, 6.45) is 0.396. The van der Waals surface area contributed by atoms with Crippen LogP contribution in [0.15, 0.2) is 0 Å². The second-order valence-corrected chi connectivity index (χ2v) is 4.88. The maximum Gasteiger partial charge on any atom is 0.371 e. The molecule has 7 heteroatoms. The van der Waals surface area contributed by atoms with Gasteiger partial charge in [-0.05, 0) is 0 Å². The molecule has 0 saturated heterocycles. The molecule has 0 rings (SSSR count).